The highest BCUT2D eigenvalue weighted by atomic mass is 35.5. The van der Waals surface area contributed by atoms with Gasteiger partial charge in [-0.1, -0.05) is 11.6 Å². The lowest BCUT2D eigenvalue weighted by Crippen LogP contribution is -2.26. The van der Waals surface area contributed by atoms with Crippen LogP contribution in [0.4, 0.5) is 0 Å². The van der Waals surface area contributed by atoms with Crippen molar-refractivity contribution in [3.63, 3.8) is 0 Å². The van der Waals surface area contributed by atoms with Gasteiger partial charge in [-0.2, -0.15) is 0 Å². The number of alkyl halides is 1. The number of rotatable bonds is 7. The van der Waals surface area contributed by atoms with Crippen LogP contribution in [0.25, 0.3) is 0 Å². The number of hydrogen-bond acceptors (Lipinski definition) is 3. The van der Waals surface area contributed by atoms with Crippen LogP contribution in [0.15, 0.2) is 12.1 Å². The third-order valence-electron chi connectivity index (χ3n) is 2.86. The quantitative estimate of drug-likeness (QED) is 0.723. The van der Waals surface area contributed by atoms with Crippen LogP contribution < -0.4 is 9.47 Å². The van der Waals surface area contributed by atoms with Gasteiger partial charge < -0.3 is 14.4 Å². The third-order valence-corrected chi connectivity index (χ3v) is 3.41. The highest BCUT2D eigenvalue weighted by Gasteiger charge is 2.14. The summed E-state index contributed by atoms with van der Waals surface area (Å²) in [5.74, 6) is 1.59. The van der Waals surface area contributed by atoms with Crippen LogP contribution in [0.5, 0.6) is 11.5 Å². The van der Waals surface area contributed by atoms with E-state index in [0.717, 1.165) is 5.56 Å². The summed E-state index contributed by atoms with van der Waals surface area (Å²) in [4.78, 5) is 13.5. The zero-order valence-electron chi connectivity index (χ0n) is 11.9. The molecule has 1 aromatic carbocycles. The number of hydrogen-bond donors (Lipinski definition) is 0. The predicted octanol–water partition coefficient (Wildman–Crippen LogP) is 3.33. The summed E-state index contributed by atoms with van der Waals surface area (Å²) >= 11 is 11.7. The number of amides is 1. The van der Waals surface area contributed by atoms with Gasteiger partial charge in [0.1, 0.15) is 0 Å². The van der Waals surface area contributed by atoms with E-state index in [1.807, 2.05) is 6.07 Å². The third kappa shape index (κ3) is 4.46. The maximum absolute atomic E-state index is 11.8. The normalized spacial score (nSPS) is 10.2. The van der Waals surface area contributed by atoms with Crippen molar-refractivity contribution in [2.24, 2.45) is 0 Å². The topological polar surface area (TPSA) is 38.8 Å². The van der Waals surface area contributed by atoms with Crippen molar-refractivity contribution in [1.82, 2.24) is 4.90 Å². The van der Waals surface area contributed by atoms with Gasteiger partial charge >= 0.3 is 0 Å². The van der Waals surface area contributed by atoms with Crippen molar-refractivity contribution in [2.75, 3.05) is 27.1 Å². The van der Waals surface area contributed by atoms with Gasteiger partial charge in [0.15, 0.2) is 11.5 Å². The fraction of sp³-hybridized carbons (Fsp3) is 0.500. The van der Waals surface area contributed by atoms with Crippen molar-refractivity contribution in [2.45, 2.75) is 19.4 Å². The average Bonchev–Trinajstić information content (AvgIpc) is 2.43. The zero-order chi connectivity index (χ0) is 15.1. The van der Waals surface area contributed by atoms with E-state index in [9.17, 15) is 4.79 Å². The number of carbonyl (C=O) groups is 1. The van der Waals surface area contributed by atoms with Crippen LogP contribution in [0.3, 0.4) is 0 Å². The second-order valence-corrected chi connectivity index (χ2v) is 5.14. The van der Waals surface area contributed by atoms with E-state index < -0.39 is 0 Å². The summed E-state index contributed by atoms with van der Waals surface area (Å²) < 4.78 is 10.4. The van der Waals surface area contributed by atoms with Crippen LogP contribution in [-0.2, 0) is 11.3 Å². The molecule has 1 amide bonds. The second kappa shape index (κ2) is 8.22. The van der Waals surface area contributed by atoms with E-state index in [-0.39, 0.29) is 5.91 Å². The Morgan fingerprint density at radius 2 is 2.00 bits per heavy atom. The summed E-state index contributed by atoms with van der Waals surface area (Å²) in [6, 6.07) is 3.59. The summed E-state index contributed by atoms with van der Waals surface area (Å²) in [6.45, 7) is 0.460. The van der Waals surface area contributed by atoms with Crippen LogP contribution in [0.1, 0.15) is 18.4 Å². The number of halogens is 2. The molecule has 0 aliphatic carbocycles. The molecule has 4 nitrogen and oxygen atoms in total. The molecule has 0 N–H and O–H groups in total. The molecule has 1 rings (SSSR count). The molecular weight excluding hydrogens is 301 g/mol. The molecule has 0 aliphatic heterocycles. The first-order valence-electron chi connectivity index (χ1n) is 6.23. The maximum Gasteiger partial charge on any atom is 0.222 e. The largest absolute Gasteiger partial charge is 0.493 e. The molecule has 112 valence electrons. The number of carbonyl (C=O) groups excluding carboxylic acids is 1. The minimum absolute atomic E-state index is 0.0524. The zero-order valence-corrected chi connectivity index (χ0v) is 13.4. The highest BCUT2D eigenvalue weighted by molar-refractivity contribution is 6.32. The van der Waals surface area contributed by atoms with Crippen molar-refractivity contribution in [3.05, 3.63) is 22.7 Å². The van der Waals surface area contributed by atoms with Gasteiger partial charge in [0.2, 0.25) is 5.91 Å². The second-order valence-electron chi connectivity index (χ2n) is 4.36. The maximum atomic E-state index is 11.8. The molecule has 0 saturated heterocycles. The van der Waals surface area contributed by atoms with Crippen LogP contribution in [0, 0.1) is 0 Å². The lowest BCUT2D eigenvalue weighted by Gasteiger charge is -2.18. The summed E-state index contributed by atoms with van der Waals surface area (Å²) in [7, 11) is 4.83. The first kappa shape index (κ1) is 16.9. The standard InChI is InChI=1S/C14H19Cl2NO3/c1-17(13(18)5-4-6-15)9-10-7-11(16)14(20-3)12(8-10)19-2/h7-8H,4-6,9H2,1-3H3. The van der Waals surface area contributed by atoms with Crippen molar-refractivity contribution < 1.29 is 14.3 Å². The fourth-order valence-corrected chi connectivity index (χ4v) is 2.28. The van der Waals surface area contributed by atoms with Gasteiger partial charge in [0, 0.05) is 25.9 Å². The molecule has 0 aromatic heterocycles. The fourth-order valence-electron chi connectivity index (χ4n) is 1.83. The molecule has 1 aromatic rings. The number of benzene rings is 1. The molecule has 0 atom stereocenters. The predicted molar refractivity (Wildman–Crippen MR) is 81.0 cm³/mol. The Bertz CT molecular complexity index is 466. The van der Waals surface area contributed by atoms with Gasteiger partial charge in [-0.15, -0.1) is 11.6 Å². The van der Waals surface area contributed by atoms with Crippen LogP contribution in [-0.4, -0.2) is 38.0 Å². The minimum atomic E-state index is 0.0524. The van der Waals surface area contributed by atoms with E-state index in [1.165, 1.54) is 7.11 Å². The SMILES string of the molecule is COc1cc(CN(C)C(=O)CCCCl)cc(Cl)c1OC. The summed E-state index contributed by atoms with van der Waals surface area (Å²) in [5, 5.41) is 0.462. The highest BCUT2D eigenvalue weighted by Crippen LogP contribution is 2.36. The van der Waals surface area contributed by atoms with Gasteiger partial charge in [-0.3, -0.25) is 4.79 Å². The molecule has 0 saturated carbocycles. The smallest absolute Gasteiger partial charge is 0.222 e. The Hall–Kier alpha value is -1.13. The summed E-state index contributed by atoms with van der Waals surface area (Å²) in [6.07, 6.45) is 1.12. The van der Waals surface area contributed by atoms with Crippen molar-refractivity contribution in [3.8, 4) is 11.5 Å². The first-order valence-corrected chi connectivity index (χ1v) is 7.15. The lowest BCUT2D eigenvalue weighted by molar-refractivity contribution is -0.130. The van der Waals surface area contributed by atoms with E-state index in [0.29, 0.717) is 41.8 Å². The van der Waals surface area contributed by atoms with Gasteiger partial charge in [0.05, 0.1) is 19.2 Å². The molecule has 20 heavy (non-hydrogen) atoms. The Labute approximate surface area is 129 Å². The number of ether oxygens (including phenoxy) is 2. The Kier molecular flexibility index (Phi) is 6.96. The molecule has 0 aliphatic rings. The van der Waals surface area contributed by atoms with E-state index in [4.69, 9.17) is 32.7 Å². The van der Waals surface area contributed by atoms with E-state index in [1.54, 1.807) is 25.1 Å². The molecule has 0 bridgehead atoms. The molecule has 0 radical (unpaired) electrons. The van der Waals surface area contributed by atoms with Gasteiger partial charge in [-0.25, -0.2) is 0 Å². The lowest BCUT2D eigenvalue weighted by atomic mass is 10.1. The van der Waals surface area contributed by atoms with E-state index >= 15 is 0 Å². The van der Waals surface area contributed by atoms with Crippen molar-refractivity contribution >= 4 is 29.1 Å². The monoisotopic (exact) mass is 319 g/mol. The molecule has 0 spiro atoms. The van der Waals surface area contributed by atoms with E-state index in [2.05, 4.69) is 0 Å². The Balaban J connectivity index is 2.82. The molecular formula is C14H19Cl2NO3. The first-order chi connectivity index (χ1) is 9.53. The molecule has 0 unspecified atom stereocenters. The van der Waals surface area contributed by atoms with Gasteiger partial charge in [0.25, 0.3) is 0 Å². The molecule has 0 heterocycles. The Morgan fingerprint density at radius 1 is 1.30 bits per heavy atom. The molecule has 6 heteroatoms. The average molecular weight is 320 g/mol. The van der Waals surface area contributed by atoms with Crippen LogP contribution >= 0.6 is 23.2 Å². The summed E-state index contributed by atoms with van der Waals surface area (Å²) in [5.41, 5.74) is 0.884. The minimum Gasteiger partial charge on any atom is -0.493 e. The van der Waals surface area contributed by atoms with Gasteiger partial charge in [-0.05, 0) is 24.1 Å². The van der Waals surface area contributed by atoms with Crippen molar-refractivity contribution in [1.29, 1.82) is 0 Å². The van der Waals surface area contributed by atoms with Crippen LogP contribution in [0.2, 0.25) is 5.02 Å². The number of nitrogens with zero attached hydrogens (tertiary/aromatic N) is 1. The number of methoxy groups -OCH3 is 2. The molecule has 0 fully saturated rings. The Morgan fingerprint density at radius 3 is 2.55 bits per heavy atom.